The Morgan fingerprint density at radius 1 is 1.44 bits per heavy atom. The summed E-state index contributed by atoms with van der Waals surface area (Å²) < 4.78 is 28.1. The van der Waals surface area contributed by atoms with Crippen LogP contribution < -0.4 is 5.32 Å². The first-order chi connectivity index (χ1) is 8.58. The molecule has 1 amide bonds. The number of hydrogen-bond acceptors (Lipinski definition) is 2. The van der Waals surface area contributed by atoms with Gasteiger partial charge in [0.1, 0.15) is 6.61 Å². The summed E-state index contributed by atoms with van der Waals surface area (Å²) >= 11 is 6.05. The molecule has 0 aromatic rings. The summed E-state index contributed by atoms with van der Waals surface area (Å²) in [7, 11) is 0. The zero-order valence-corrected chi connectivity index (χ0v) is 11.1. The van der Waals surface area contributed by atoms with Crippen LogP contribution in [0.15, 0.2) is 0 Å². The third-order valence-corrected chi connectivity index (χ3v) is 3.42. The Kier molecular flexibility index (Phi) is 7.51. The highest BCUT2D eigenvalue weighted by Crippen LogP contribution is 2.27. The Hall–Kier alpha value is -0.420. The molecule has 0 bridgehead atoms. The Labute approximate surface area is 111 Å². The molecule has 0 saturated heterocycles. The summed E-state index contributed by atoms with van der Waals surface area (Å²) in [6, 6.07) is 0. The molecular weight excluding hydrogens is 264 g/mol. The molecule has 0 aliphatic heterocycles. The van der Waals surface area contributed by atoms with Crippen molar-refractivity contribution in [1.29, 1.82) is 0 Å². The van der Waals surface area contributed by atoms with Crippen LogP contribution in [0.2, 0.25) is 0 Å². The smallest absolute Gasteiger partial charge is 0.261 e. The van der Waals surface area contributed by atoms with E-state index in [0.29, 0.717) is 12.5 Å². The highest BCUT2D eigenvalue weighted by molar-refractivity contribution is 6.20. The molecule has 2 unspecified atom stereocenters. The van der Waals surface area contributed by atoms with E-state index in [1.54, 1.807) is 0 Å². The predicted molar refractivity (Wildman–Crippen MR) is 66.0 cm³/mol. The number of halogens is 3. The summed E-state index contributed by atoms with van der Waals surface area (Å²) in [6.07, 6.45) is 1.83. The number of amides is 1. The van der Waals surface area contributed by atoms with Gasteiger partial charge in [-0.3, -0.25) is 4.79 Å². The lowest BCUT2D eigenvalue weighted by atomic mass is 9.89. The predicted octanol–water partition coefficient (Wildman–Crippen LogP) is 2.57. The molecule has 106 valence electrons. The van der Waals surface area contributed by atoms with Gasteiger partial charge in [-0.15, -0.1) is 11.6 Å². The van der Waals surface area contributed by atoms with Gasteiger partial charge in [0.05, 0.1) is 6.61 Å². The largest absolute Gasteiger partial charge is 0.375 e. The fourth-order valence-corrected chi connectivity index (χ4v) is 2.50. The van der Waals surface area contributed by atoms with E-state index in [-0.39, 0.29) is 24.3 Å². The van der Waals surface area contributed by atoms with Crippen molar-refractivity contribution in [2.45, 2.75) is 43.9 Å². The minimum absolute atomic E-state index is 0.0406. The lowest BCUT2D eigenvalue weighted by molar-refractivity contribution is -0.122. The number of alkyl halides is 3. The maximum Gasteiger partial charge on any atom is 0.261 e. The van der Waals surface area contributed by atoms with Crippen LogP contribution in [0, 0.1) is 5.92 Å². The average Bonchev–Trinajstić information content (AvgIpc) is 2.32. The van der Waals surface area contributed by atoms with E-state index >= 15 is 0 Å². The van der Waals surface area contributed by atoms with Crippen LogP contribution in [0.3, 0.4) is 0 Å². The molecule has 1 fully saturated rings. The average molecular weight is 284 g/mol. The van der Waals surface area contributed by atoms with Crippen molar-refractivity contribution < 1.29 is 18.3 Å². The van der Waals surface area contributed by atoms with Crippen molar-refractivity contribution in [3.05, 3.63) is 0 Å². The molecule has 18 heavy (non-hydrogen) atoms. The molecule has 0 heterocycles. The van der Waals surface area contributed by atoms with Gasteiger partial charge in [0.25, 0.3) is 6.43 Å². The van der Waals surface area contributed by atoms with Crippen LogP contribution in [0.4, 0.5) is 8.78 Å². The number of carbonyl (C=O) groups excluding carboxylic acids is 1. The second kappa shape index (κ2) is 8.64. The van der Waals surface area contributed by atoms with E-state index < -0.39 is 13.0 Å². The summed E-state index contributed by atoms with van der Waals surface area (Å²) in [4.78, 5) is 11.4. The second-order valence-electron chi connectivity index (χ2n) is 4.65. The molecule has 2 atom stereocenters. The lowest BCUT2D eigenvalue weighted by Crippen LogP contribution is -2.32. The van der Waals surface area contributed by atoms with Crippen LogP contribution in [0.5, 0.6) is 0 Å². The van der Waals surface area contributed by atoms with Crippen molar-refractivity contribution in [2.75, 3.05) is 19.8 Å². The van der Waals surface area contributed by atoms with Crippen molar-refractivity contribution in [3.63, 3.8) is 0 Å². The first-order valence-corrected chi connectivity index (χ1v) is 6.78. The molecule has 1 N–H and O–H groups in total. The zero-order valence-electron chi connectivity index (χ0n) is 10.3. The van der Waals surface area contributed by atoms with Crippen molar-refractivity contribution in [1.82, 2.24) is 5.32 Å². The maximum atomic E-state index is 11.7. The van der Waals surface area contributed by atoms with Crippen LogP contribution in [0.25, 0.3) is 0 Å². The SMILES string of the molecule is O=C(CCOCC(F)F)NCC1CCCC(Cl)C1. The monoisotopic (exact) mass is 283 g/mol. The number of carbonyl (C=O) groups is 1. The van der Waals surface area contributed by atoms with E-state index in [9.17, 15) is 13.6 Å². The Morgan fingerprint density at radius 2 is 2.22 bits per heavy atom. The zero-order chi connectivity index (χ0) is 13.4. The van der Waals surface area contributed by atoms with E-state index in [1.807, 2.05) is 0 Å². The minimum atomic E-state index is -2.48. The second-order valence-corrected chi connectivity index (χ2v) is 5.27. The molecule has 1 rings (SSSR count). The number of nitrogens with one attached hydrogen (secondary N) is 1. The number of hydrogen-bond donors (Lipinski definition) is 1. The van der Waals surface area contributed by atoms with Gasteiger partial charge in [-0.2, -0.15) is 0 Å². The van der Waals surface area contributed by atoms with E-state index in [1.165, 1.54) is 0 Å². The molecular formula is C12H20ClF2NO2. The maximum absolute atomic E-state index is 11.7. The van der Waals surface area contributed by atoms with Gasteiger partial charge in [-0.25, -0.2) is 8.78 Å². The quantitative estimate of drug-likeness (QED) is 0.576. The van der Waals surface area contributed by atoms with E-state index in [2.05, 4.69) is 10.1 Å². The van der Waals surface area contributed by atoms with E-state index in [0.717, 1.165) is 25.7 Å². The molecule has 0 spiro atoms. The molecule has 3 nitrogen and oxygen atoms in total. The summed E-state index contributed by atoms with van der Waals surface area (Å²) in [5.74, 6) is 0.285. The minimum Gasteiger partial charge on any atom is -0.375 e. The standard InChI is InChI=1S/C12H20ClF2NO2/c13-10-3-1-2-9(6-10)7-16-12(17)4-5-18-8-11(14)15/h9-11H,1-8H2,(H,16,17). The normalized spacial score (nSPS) is 24.2. The first kappa shape index (κ1) is 15.6. The Morgan fingerprint density at radius 3 is 2.89 bits per heavy atom. The van der Waals surface area contributed by atoms with Gasteiger partial charge in [-0.05, 0) is 25.2 Å². The summed E-state index contributed by atoms with van der Waals surface area (Å²) in [6.45, 7) is 0.0553. The molecule has 1 aliphatic carbocycles. The molecule has 0 radical (unpaired) electrons. The third kappa shape index (κ3) is 7.11. The lowest BCUT2D eigenvalue weighted by Gasteiger charge is -2.25. The fraction of sp³-hybridized carbons (Fsp3) is 0.917. The topological polar surface area (TPSA) is 38.3 Å². The van der Waals surface area contributed by atoms with Gasteiger partial charge in [0.15, 0.2) is 0 Å². The van der Waals surface area contributed by atoms with Crippen LogP contribution in [-0.4, -0.2) is 37.5 Å². The fourth-order valence-electron chi connectivity index (χ4n) is 2.09. The molecule has 6 heteroatoms. The Balaban J connectivity index is 2.02. The van der Waals surface area contributed by atoms with Gasteiger partial charge in [0, 0.05) is 18.3 Å². The van der Waals surface area contributed by atoms with Crippen LogP contribution in [0.1, 0.15) is 32.1 Å². The molecule has 1 saturated carbocycles. The van der Waals surface area contributed by atoms with Crippen molar-refractivity contribution in [3.8, 4) is 0 Å². The summed E-state index contributed by atoms with van der Waals surface area (Å²) in [5, 5.41) is 3.01. The highest BCUT2D eigenvalue weighted by Gasteiger charge is 2.20. The van der Waals surface area contributed by atoms with Crippen molar-refractivity contribution >= 4 is 17.5 Å². The third-order valence-electron chi connectivity index (χ3n) is 3.02. The van der Waals surface area contributed by atoms with Crippen LogP contribution >= 0.6 is 11.6 Å². The first-order valence-electron chi connectivity index (χ1n) is 6.34. The van der Waals surface area contributed by atoms with Gasteiger partial charge in [0.2, 0.25) is 5.91 Å². The molecule has 0 aromatic carbocycles. The molecule has 1 aliphatic rings. The number of ether oxygens (including phenoxy) is 1. The highest BCUT2D eigenvalue weighted by atomic mass is 35.5. The van der Waals surface area contributed by atoms with Gasteiger partial charge < -0.3 is 10.1 Å². The van der Waals surface area contributed by atoms with Crippen LogP contribution in [-0.2, 0) is 9.53 Å². The Bertz CT molecular complexity index is 254. The molecule has 0 aromatic heterocycles. The summed E-state index contributed by atoms with van der Waals surface area (Å²) in [5.41, 5.74) is 0. The van der Waals surface area contributed by atoms with Gasteiger partial charge >= 0.3 is 0 Å². The van der Waals surface area contributed by atoms with E-state index in [4.69, 9.17) is 11.6 Å². The van der Waals surface area contributed by atoms with Crippen molar-refractivity contribution in [2.24, 2.45) is 5.92 Å². The number of rotatable bonds is 7. The van der Waals surface area contributed by atoms with Gasteiger partial charge in [-0.1, -0.05) is 6.42 Å².